The van der Waals surface area contributed by atoms with Gasteiger partial charge in [0.25, 0.3) is 5.91 Å². The summed E-state index contributed by atoms with van der Waals surface area (Å²) < 4.78 is 7.74. The Hall–Kier alpha value is -3.22. The van der Waals surface area contributed by atoms with Crippen molar-refractivity contribution >= 4 is 5.91 Å². The second-order valence-electron chi connectivity index (χ2n) is 7.12. The summed E-state index contributed by atoms with van der Waals surface area (Å²) in [6.07, 6.45) is 4.14. The molecule has 28 heavy (non-hydrogen) atoms. The summed E-state index contributed by atoms with van der Waals surface area (Å²) in [5.74, 6) is 0.572. The topological polar surface area (TPSA) is 73.1 Å². The van der Waals surface area contributed by atoms with Gasteiger partial charge in [-0.15, -0.1) is 0 Å². The van der Waals surface area contributed by atoms with Crippen LogP contribution in [0.1, 0.15) is 38.6 Å². The number of aryl methyl sites for hydroxylation is 3. The van der Waals surface area contributed by atoms with Crippen LogP contribution in [-0.2, 0) is 26.6 Å². The second-order valence-corrected chi connectivity index (χ2v) is 7.12. The molecule has 0 bridgehead atoms. The van der Waals surface area contributed by atoms with Crippen LogP contribution < -0.4 is 4.74 Å². The van der Waals surface area contributed by atoms with Crippen LogP contribution >= 0.6 is 0 Å². The highest BCUT2D eigenvalue weighted by Gasteiger charge is 2.27. The van der Waals surface area contributed by atoms with E-state index in [4.69, 9.17) is 4.74 Å². The molecule has 0 saturated heterocycles. The van der Waals surface area contributed by atoms with Crippen LogP contribution in [-0.4, -0.2) is 37.1 Å². The average molecular weight is 377 g/mol. The lowest BCUT2D eigenvalue weighted by molar-refractivity contribution is 0.0732. The van der Waals surface area contributed by atoms with Crippen LogP contribution in [0.3, 0.4) is 0 Å². The quantitative estimate of drug-likeness (QED) is 0.699. The lowest BCUT2D eigenvalue weighted by Crippen LogP contribution is -2.36. The first-order valence-corrected chi connectivity index (χ1v) is 9.32. The fourth-order valence-electron chi connectivity index (χ4n) is 3.47. The van der Waals surface area contributed by atoms with Gasteiger partial charge in [0.2, 0.25) is 5.88 Å². The van der Waals surface area contributed by atoms with E-state index in [0.717, 1.165) is 34.6 Å². The van der Waals surface area contributed by atoms with Gasteiger partial charge in [-0.05, 0) is 37.6 Å². The number of carbonyl (C=O) groups excluding carboxylic acids is 1. The normalized spacial score (nSPS) is 13.3. The van der Waals surface area contributed by atoms with E-state index in [1.54, 1.807) is 12.4 Å². The number of fused-ring (bicyclic) bond motifs is 1. The van der Waals surface area contributed by atoms with Crippen molar-refractivity contribution in [1.82, 2.24) is 24.6 Å². The minimum Gasteiger partial charge on any atom is -0.471 e. The number of aromatic nitrogens is 4. The van der Waals surface area contributed by atoms with Crippen LogP contribution in [0.5, 0.6) is 5.88 Å². The van der Waals surface area contributed by atoms with Crippen molar-refractivity contribution in [2.24, 2.45) is 7.05 Å². The maximum absolute atomic E-state index is 12.9. The smallest absolute Gasteiger partial charge is 0.255 e. The van der Waals surface area contributed by atoms with Gasteiger partial charge >= 0.3 is 0 Å². The number of amides is 1. The first-order chi connectivity index (χ1) is 13.5. The number of hydrogen-bond acceptors (Lipinski definition) is 5. The molecule has 3 aromatic heterocycles. The Labute approximate surface area is 164 Å². The minimum atomic E-state index is -0.00535. The Morgan fingerprint density at radius 3 is 2.82 bits per heavy atom. The Morgan fingerprint density at radius 1 is 1.21 bits per heavy atom. The van der Waals surface area contributed by atoms with Gasteiger partial charge in [0.15, 0.2) is 0 Å². The highest BCUT2D eigenvalue weighted by molar-refractivity contribution is 5.94. The zero-order valence-electron chi connectivity index (χ0n) is 16.3. The highest BCUT2D eigenvalue weighted by Crippen LogP contribution is 2.24. The molecule has 3 aromatic rings. The average Bonchev–Trinajstić information content (AvgIpc) is 3.02. The third-order valence-electron chi connectivity index (χ3n) is 5.02. The molecule has 7 heteroatoms. The van der Waals surface area contributed by atoms with Crippen molar-refractivity contribution in [3.05, 3.63) is 70.4 Å². The van der Waals surface area contributed by atoms with Crippen molar-refractivity contribution in [1.29, 1.82) is 0 Å². The fraction of sp³-hybridized carbons (Fsp3) is 0.333. The monoisotopic (exact) mass is 377 g/mol. The van der Waals surface area contributed by atoms with Crippen LogP contribution in [0.25, 0.3) is 0 Å². The molecule has 4 heterocycles. The molecule has 0 atom stereocenters. The molecule has 0 aliphatic carbocycles. The van der Waals surface area contributed by atoms with Crippen molar-refractivity contribution in [2.45, 2.75) is 33.4 Å². The summed E-state index contributed by atoms with van der Waals surface area (Å²) in [4.78, 5) is 23.2. The van der Waals surface area contributed by atoms with Crippen molar-refractivity contribution in [3.63, 3.8) is 0 Å². The number of hydrogen-bond donors (Lipinski definition) is 0. The summed E-state index contributed by atoms with van der Waals surface area (Å²) >= 11 is 0. The number of carbonyl (C=O) groups is 1. The van der Waals surface area contributed by atoms with E-state index in [-0.39, 0.29) is 5.91 Å². The van der Waals surface area contributed by atoms with Crippen molar-refractivity contribution in [3.8, 4) is 5.88 Å². The van der Waals surface area contributed by atoms with E-state index in [2.05, 4.69) is 15.1 Å². The lowest BCUT2D eigenvalue weighted by Gasteiger charge is -2.27. The fourth-order valence-corrected chi connectivity index (χ4v) is 3.47. The van der Waals surface area contributed by atoms with Crippen molar-refractivity contribution < 1.29 is 9.53 Å². The van der Waals surface area contributed by atoms with Crippen LogP contribution in [0.2, 0.25) is 0 Å². The number of nitrogens with zero attached hydrogens (tertiary/aromatic N) is 5. The Kier molecular flexibility index (Phi) is 4.81. The molecular weight excluding hydrogens is 354 g/mol. The molecule has 0 radical (unpaired) electrons. The predicted octanol–water partition coefficient (Wildman–Crippen LogP) is 2.60. The maximum atomic E-state index is 12.9. The van der Waals surface area contributed by atoms with E-state index in [1.807, 2.05) is 54.7 Å². The molecular formula is C21H23N5O2. The number of rotatable bonds is 4. The SMILES string of the molecule is Cc1ccnc(OCc2nn(C)c3c2CN(C(=O)c2ccc(C)nc2)CC3)c1. The van der Waals surface area contributed by atoms with Gasteiger partial charge in [-0.3, -0.25) is 14.5 Å². The van der Waals surface area contributed by atoms with Crippen molar-refractivity contribution in [2.75, 3.05) is 6.54 Å². The van der Waals surface area contributed by atoms with Gasteiger partial charge in [0, 0.05) is 62.0 Å². The molecule has 0 N–H and O–H groups in total. The van der Waals surface area contributed by atoms with Gasteiger partial charge in [-0.25, -0.2) is 4.98 Å². The zero-order valence-corrected chi connectivity index (χ0v) is 16.3. The maximum Gasteiger partial charge on any atom is 0.255 e. The molecule has 7 nitrogen and oxygen atoms in total. The minimum absolute atomic E-state index is 0.00535. The van der Waals surface area contributed by atoms with Gasteiger partial charge in [0.05, 0.1) is 5.56 Å². The van der Waals surface area contributed by atoms with Gasteiger partial charge in [0.1, 0.15) is 12.3 Å². The second kappa shape index (κ2) is 7.42. The number of pyridine rings is 2. The third kappa shape index (κ3) is 3.60. The summed E-state index contributed by atoms with van der Waals surface area (Å²) in [5.41, 5.74) is 5.67. The third-order valence-corrected chi connectivity index (χ3v) is 5.02. The molecule has 1 amide bonds. The van der Waals surface area contributed by atoms with Gasteiger partial charge in [-0.1, -0.05) is 0 Å². The predicted molar refractivity (Wildman–Crippen MR) is 104 cm³/mol. The van der Waals surface area contributed by atoms with E-state index < -0.39 is 0 Å². The van der Waals surface area contributed by atoms with E-state index in [0.29, 0.717) is 31.1 Å². The summed E-state index contributed by atoms with van der Waals surface area (Å²) in [7, 11) is 1.94. The first-order valence-electron chi connectivity index (χ1n) is 9.32. The molecule has 4 rings (SSSR count). The van der Waals surface area contributed by atoms with E-state index in [9.17, 15) is 4.79 Å². The molecule has 0 saturated carbocycles. The Balaban J connectivity index is 1.52. The zero-order chi connectivity index (χ0) is 19.7. The van der Waals surface area contributed by atoms with E-state index >= 15 is 0 Å². The molecule has 0 fully saturated rings. The van der Waals surface area contributed by atoms with Crippen LogP contribution in [0.4, 0.5) is 0 Å². The van der Waals surface area contributed by atoms with Gasteiger partial charge in [-0.2, -0.15) is 5.10 Å². The molecule has 1 aliphatic rings. The molecule has 0 aromatic carbocycles. The van der Waals surface area contributed by atoms with Gasteiger partial charge < -0.3 is 9.64 Å². The first kappa shape index (κ1) is 18.2. The van der Waals surface area contributed by atoms with Crippen LogP contribution in [0, 0.1) is 13.8 Å². The lowest BCUT2D eigenvalue weighted by atomic mass is 10.0. The molecule has 144 valence electrons. The highest BCUT2D eigenvalue weighted by atomic mass is 16.5. The van der Waals surface area contributed by atoms with E-state index in [1.165, 1.54) is 0 Å². The Bertz CT molecular complexity index is 1010. The largest absolute Gasteiger partial charge is 0.471 e. The summed E-state index contributed by atoms with van der Waals surface area (Å²) in [5, 5.41) is 4.62. The summed E-state index contributed by atoms with van der Waals surface area (Å²) in [6.45, 7) is 5.43. The number of ether oxygens (including phenoxy) is 1. The molecule has 0 unspecified atom stereocenters. The van der Waals surface area contributed by atoms with Crippen LogP contribution in [0.15, 0.2) is 36.7 Å². The summed E-state index contributed by atoms with van der Waals surface area (Å²) in [6, 6.07) is 7.52. The standard InChI is InChI=1S/C21H23N5O2/c1-14-6-8-22-20(10-14)28-13-18-17-12-26(9-7-19(17)25(3)24-18)21(27)16-5-4-15(2)23-11-16/h4-6,8,10-11H,7,9,12-13H2,1-3H3. The molecule has 1 aliphatic heterocycles. The molecule has 0 spiro atoms. The Morgan fingerprint density at radius 2 is 2.07 bits per heavy atom.